The molecule has 0 aliphatic heterocycles. The predicted molar refractivity (Wildman–Crippen MR) is 123 cm³/mol. The number of nitrogens with zero attached hydrogens (tertiary/aromatic N) is 1. The molecule has 7 heteroatoms. The monoisotopic (exact) mass is 426 g/mol. The van der Waals surface area contributed by atoms with Gasteiger partial charge in [0, 0.05) is 12.6 Å². The van der Waals surface area contributed by atoms with E-state index in [1.165, 1.54) is 6.92 Å². The zero-order valence-corrected chi connectivity index (χ0v) is 17.7. The van der Waals surface area contributed by atoms with Crippen LogP contribution in [0.1, 0.15) is 25.0 Å². The summed E-state index contributed by atoms with van der Waals surface area (Å²) in [5, 5.41) is 18.6. The Morgan fingerprint density at radius 1 is 0.969 bits per heavy atom. The number of hydrogen-bond donors (Lipinski definition) is 3. The largest absolute Gasteiger partial charge is 0.339 e. The molecule has 3 N–H and O–H groups in total. The van der Waals surface area contributed by atoms with Gasteiger partial charge in [-0.2, -0.15) is 5.26 Å². The van der Waals surface area contributed by atoms with Crippen molar-refractivity contribution in [1.82, 2.24) is 10.6 Å². The molecule has 0 heterocycles. The van der Waals surface area contributed by atoms with E-state index in [4.69, 9.17) is 5.26 Å². The van der Waals surface area contributed by atoms with Crippen LogP contribution in [0.4, 0.5) is 5.69 Å². The Morgan fingerprint density at radius 2 is 1.66 bits per heavy atom. The van der Waals surface area contributed by atoms with Crippen LogP contribution >= 0.6 is 0 Å². The van der Waals surface area contributed by atoms with Crippen molar-refractivity contribution >= 4 is 40.3 Å². The van der Waals surface area contributed by atoms with Crippen molar-refractivity contribution in [2.24, 2.45) is 0 Å². The number of amides is 3. The second-order valence-electron chi connectivity index (χ2n) is 7.18. The minimum absolute atomic E-state index is 0.0341. The number of carbonyl (C=O) groups excluding carboxylic acids is 3. The molecule has 3 amide bonds. The van der Waals surface area contributed by atoms with Crippen LogP contribution in [0.15, 0.2) is 72.4 Å². The molecule has 0 saturated heterocycles. The van der Waals surface area contributed by atoms with E-state index < -0.39 is 23.8 Å². The molecule has 0 aliphatic rings. The average molecular weight is 426 g/mol. The van der Waals surface area contributed by atoms with E-state index in [1.807, 2.05) is 48.5 Å². The molecule has 0 aromatic heterocycles. The molecule has 3 rings (SSSR count). The number of fused-ring (bicyclic) bond motifs is 1. The van der Waals surface area contributed by atoms with Gasteiger partial charge in [-0.25, -0.2) is 0 Å². The number of anilines is 1. The topological polar surface area (TPSA) is 111 Å². The van der Waals surface area contributed by atoms with E-state index in [0.717, 1.165) is 16.3 Å². The minimum Gasteiger partial charge on any atom is -0.339 e. The third-order valence-corrected chi connectivity index (χ3v) is 4.70. The van der Waals surface area contributed by atoms with Crippen molar-refractivity contribution in [1.29, 1.82) is 5.26 Å². The summed E-state index contributed by atoms with van der Waals surface area (Å²) >= 11 is 0. The summed E-state index contributed by atoms with van der Waals surface area (Å²) in [6, 6.07) is 20.9. The number of carbonyl (C=O) groups is 3. The highest BCUT2D eigenvalue weighted by Gasteiger charge is 2.19. The molecular formula is C25H22N4O3. The van der Waals surface area contributed by atoms with Crippen LogP contribution in [0.3, 0.4) is 0 Å². The molecule has 0 bridgehead atoms. The lowest BCUT2D eigenvalue weighted by molar-refractivity contribution is -0.125. The highest BCUT2D eigenvalue weighted by molar-refractivity contribution is 6.05. The van der Waals surface area contributed by atoms with Crippen LogP contribution in [0.25, 0.3) is 16.8 Å². The summed E-state index contributed by atoms with van der Waals surface area (Å²) in [7, 11) is 0. The van der Waals surface area contributed by atoms with Gasteiger partial charge in [-0.15, -0.1) is 0 Å². The van der Waals surface area contributed by atoms with Gasteiger partial charge >= 0.3 is 0 Å². The van der Waals surface area contributed by atoms with Crippen molar-refractivity contribution in [3.05, 3.63) is 83.6 Å². The van der Waals surface area contributed by atoms with Gasteiger partial charge in [0.15, 0.2) is 0 Å². The second-order valence-corrected chi connectivity index (χ2v) is 7.18. The molecule has 0 spiro atoms. The standard InChI is InChI=1S/C25H22N4O3/c1-16(24(31)29-21-12-10-18(15-26)11-13-21)27-25(32)23(28-17(2)30)14-20-8-5-7-19-6-3-4-9-22(19)20/h3-14,16H,1-2H3,(H,27,32)(H,28,30)(H,29,31)/b23-14-/t16-/m0/s1. The average Bonchev–Trinajstić information content (AvgIpc) is 2.79. The number of nitrogens with one attached hydrogen (secondary N) is 3. The SMILES string of the molecule is CC(=O)N/C(=C\c1cccc2ccccc12)C(=O)N[C@@H](C)C(=O)Nc1ccc(C#N)cc1. The van der Waals surface area contributed by atoms with Crippen molar-refractivity contribution in [2.75, 3.05) is 5.32 Å². The van der Waals surface area contributed by atoms with E-state index >= 15 is 0 Å². The summed E-state index contributed by atoms with van der Waals surface area (Å²) < 4.78 is 0. The zero-order valence-electron chi connectivity index (χ0n) is 17.7. The summed E-state index contributed by atoms with van der Waals surface area (Å²) in [6.45, 7) is 2.85. The maximum absolute atomic E-state index is 12.9. The van der Waals surface area contributed by atoms with Crippen LogP contribution in [0, 0.1) is 11.3 Å². The number of nitriles is 1. The summed E-state index contributed by atoms with van der Waals surface area (Å²) in [5.74, 6) is -1.42. The highest BCUT2D eigenvalue weighted by atomic mass is 16.2. The molecular weight excluding hydrogens is 404 g/mol. The fourth-order valence-electron chi connectivity index (χ4n) is 3.10. The van der Waals surface area contributed by atoms with Crippen molar-refractivity contribution in [3.63, 3.8) is 0 Å². The van der Waals surface area contributed by atoms with E-state index in [1.54, 1.807) is 37.3 Å². The maximum atomic E-state index is 12.9. The van der Waals surface area contributed by atoms with Gasteiger partial charge < -0.3 is 16.0 Å². The molecule has 7 nitrogen and oxygen atoms in total. The minimum atomic E-state index is -0.872. The smallest absolute Gasteiger partial charge is 0.268 e. The fourth-order valence-corrected chi connectivity index (χ4v) is 3.10. The Labute approximate surface area is 185 Å². The van der Waals surface area contributed by atoms with Crippen LogP contribution < -0.4 is 16.0 Å². The van der Waals surface area contributed by atoms with Gasteiger partial charge in [0.05, 0.1) is 11.6 Å². The summed E-state index contributed by atoms with van der Waals surface area (Å²) in [6.07, 6.45) is 1.59. The quantitative estimate of drug-likeness (QED) is 0.525. The first kappa shape index (κ1) is 22.2. The lowest BCUT2D eigenvalue weighted by atomic mass is 10.0. The van der Waals surface area contributed by atoms with Gasteiger partial charge in [0.2, 0.25) is 11.8 Å². The van der Waals surface area contributed by atoms with E-state index in [2.05, 4.69) is 16.0 Å². The van der Waals surface area contributed by atoms with Crippen LogP contribution in [-0.2, 0) is 14.4 Å². The van der Waals surface area contributed by atoms with Gasteiger partial charge in [-0.1, -0.05) is 42.5 Å². The van der Waals surface area contributed by atoms with E-state index in [9.17, 15) is 14.4 Å². The lowest BCUT2D eigenvalue weighted by Gasteiger charge is -2.16. The number of hydrogen-bond acceptors (Lipinski definition) is 4. The molecule has 0 unspecified atom stereocenters. The fraction of sp³-hybridized carbons (Fsp3) is 0.120. The second kappa shape index (κ2) is 10.0. The van der Waals surface area contributed by atoms with Crippen LogP contribution in [-0.4, -0.2) is 23.8 Å². The lowest BCUT2D eigenvalue weighted by Crippen LogP contribution is -2.44. The molecule has 32 heavy (non-hydrogen) atoms. The Hall–Kier alpha value is -4.44. The first-order valence-electron chi connectivity index (χ1n) is 9.96. The normalized spacial score (nSPS) is 11.8. The maximum Gasteiger partial charge on any atom is 0.268 e. The summed E-state index contributed by atoms with van der Waals surface area (Å²) in [5.41, 5.74) is 1.77. The number of rotatable bonds is 6. The molecule has 1 atom stereocenters. The Morgan fingerprint density at radius 3 is 2.34 bits per heavy atom. The Balaban J connectivity index is 1.78. The molecule has 160 valence electrons. The van der Waals surface area contributed by atoms with Crippen LogP contribution in [0.2, 0.25) is 0 Å². The first-order valence-corrected chi connectivity index (χ1v) is 9.96. The molecule has 0 fully saturated rings. The van der Waals surface area contributed by atoms with Crippen LogP contribution in [0.5, 0.6) is 0 Å². The van der Waals surface area contributed by atoms with E-state index in [-0.39, 0.29) is 5.70 Å². The van der Waals surface area contributed by atoms with Crippen molar-refractivity contribution in [3.8, 4) is 6.07 Å². The Kier molecular flexibility index (Phi) is 6.99. The molecule has 0 aliphatic carbocycles. The Bertz CT molecular complexity index is 1230. The van der Waals surface area contributed by atoms with Gasteiger partial charge in [0.25, 0.3) is 5.91 Å². The summed E-state index contributed by atoms with van der Waals surface area (Å²) in [4.78, 5) is 37.0. The third kappa shape index (κ3) is 5.58. The molecule has 3 aromatic rings. The highest BCUT2D eigenvalue weighted by Crippen LogP contribution is 2.20. The van der Waals surface area contributed by atoms with Gasteiger partial charge in [0.1, 0.15) is 11.7 Å². The predicted octanol–water partition coefficient (Wildman–Crippen LogP) is 3.33. The first-order chi connectivity index (χ1) is 15.4. The molecule has 3 aromatic carbocycles. The number of benzene rings is 3. The molecule has 0 radical (unpaired) electrons. The third-order valence-electron chi connectivity index (χ3n) is 4.70. The molecule has 0 saturated carbocycles. The van der Waals surface area contributed by atoms with Gasteiger partial charge in [-0.05, 0) is 53.6 Å². The van der Waals surface area contributed by atoms with Crippen molar-refractivity contribution < 1.29 is 14.4 Å². The van der Waals surface area contributed by atoms with Gasteiger partial charge in [-0.3, -0.25) is 14.4 Å². The van der Waals surface area contributed by atoms with Crippen molar-refractivity contribution in [2.45, 2.75) is 19.9 Å². The zero-order chi connectivity index (χ0) is 23.1. The van der Waals surface area contributed by atoms with E-state index in [0.29, 0.717) is 11.3 Å².